The second-order valence-electron chi connectivity index (χ2n) is 7.25. The molecule has 7 heteroatoms. The Morgan fingerprint density at radius 1 is 1.00 bits per heavy atom. The van der Waals surface area contributed by atoms with Gasteiger partial charge in [0.05, 0.1) is 0 Å². The van der Waals surface area contributed by atoms with Gasteiger partial charge in [-0.1, -0.05) is 0 Å². The van der Waals surface area contributed by atoms with Crippen molar-refractivity contribution in [1.82, 2.24) is 4.90 Å². The number of nitrogens with zero attached hydrogens (tertiary/aromatic N) is 1. The Bertz CT molecular complexity index is 957. The van der Waals surface area contributed by atoms with Crippen molar-refractivity contribution in [1.29, 1.82) is 0 Å². The molecule has 2 aromatic rings. The molecule has 4 rings (SSSR count). The molecule has 0 bridgehead atoms. The molecule has 2 heterocycles. The average molecular weight is 385 g/mol. The lowest BCUT2D eigenvalue weighted by Gasteiger charge is -2.26. The molecule has 0 unspecified atom stereocenters. The molecule has 1 amide bonds. The molecule has 28 heavy (non-hydrogen) atoms. The summed E-state index contributed by atoms with van der Waals surface area (Å²) >= 11 is 0. The molecule has 1 saturated heterocycles. The third-order valence-corrected chi connectivity index (χ3v) is 5.37. The number of rotatable bonds is 5. The minimum atomic E-state index is -0.610. The number of hydrogen-bond acceptors (Lipinski definition) is 6. The van der Waals surface area contributed by atoms with Gasteiger partial charge in [0, 0.05) is 30.1 Å². The van der Waals surface area contributed by atoms with Crippen molar-refractivity contribution in [2.45, 2.75) is 38.5 Å². The first-order chi connectivity index (χ1) is 13.6. The monoisotopic (exact) mass is 385 g/mol. The maximum absolute atomic E-state index is 12.1. The van der Waals surface area contributed by atoms with E-state index < -0.39 is 5.97 Å². The summed E-state index contributed by atoms with van der Waals surface area (Å²) < 4.78 is 15.9. The second-order valence-corrected chi connectivity index (χ2v) is 7.25. The number of benzene rings is 1. The van der Waals surface area contributed by atoms with Crippen molar-refractivity contribution in [2.75, 3.05) is 26.3 Å². The van der Waals surface area contributed by atoms with E-state index in [1.54, 1.807) is 17.0 Å². The van der Waals surface area contributed by atoms with Gasteiger partial charge in [-0.3, -0.25) is 4.79 Å². The van der Waals surface area contributed by atoms with E-state index in [1.807, 2.05) is 6.07 Å². The number of carbonyl (C=O) groups excluding carboxylic acids is 2. The van der Waals surface area contributed by atoms with Crippen LogP contribution < -0.4 is 10.4 Å². The number of esters is 1. The average Bonchev–Trinajstić information content (AvgIpc) is 3.22. The molecule has 0 radical (unpaired) electrons. The molecule has 148 valence electrons. The van der Waals surface area contributed by atoms with Crippen LogP contribution in [0.2, 0.25) is 0 Å². The summed E-state index contributed by atoms with van der Waals surface area (Å²) in [6.07, 6.45) is 5.70. The molecule has 0 saturated carbocycles. The first-order valence-corrected chi connectivity index (χ1v) is 9.76. The highest BCUT2D eigenvalue weighted by atomic mass is 16.6. The Hall–Kier alpha value is -2.83. The highest BCUT2D eigenvalue weighted by Crippen LogP contribution is 2.29. The van der Waals surface area contributed by atoms with Gasteiger partial charge >= 0.3 is 11.6 Å². The van der Waals surface area contributed by atoms with Gasteiger partial charge in [-0.05, 0) is 56.2 Å². The van der Waals surface area contributed by atoms with Crippen molar-refractivity contribution in [3.05, 3.63) is 39.7 Å². The summed E-state index contributed by atoms with van der Waals surface area (Å²) in [6, 6.07) is 5.21. The SMILES string of the molecule is O=C(COc1ccc2c3c(c(=O)oc2c1)CCC3)OCC(=O)N1CCCCC1. The van der Waals surface area contributed by atoms with Crippen LogP contribution in [0.1, 0.15) is 36.8 Å². The first kappa shape index (κ1) is 18.5. The number of ether oxygens (including phenoxy) is 2. The standard InChI is InChI=1S/C21H23NO6/c23-19(22-9-2-1-3-10-22)12-27-20(24)13-26-14-7-8-16-15-5-4-6-17(15)21(25)28-18(16)11-14/h7-8,11H,1-6,9-10,12-13H2. The number of amides is 1. The molecule has 0 atom stereocenters. The molecular formula is C21H23NO6. The van der Waals surface area contributed by atoms with Crippen molar-refractivity contribution in [3.8, 4) is 5.75 Å². The van der Waals surface area contributed by atoms with Crippen molar-refractivity contribution in [3.63, 3.8) is 0 Å². The third-order valence-electron chi connectivity index (χ3n) is 5.37. The van der Waals surface area contributed by atoms with E-state index in [0.29, 0.717) is 11.3 Å². The van der Waals surface area contributed by atoms with Crippen LogP contribution in [0.15, 0.2) is 27.4 Å². The van der Waals surface area contributed by atoms with E-state index in [9.17, 15) is 14.4 Å². The van der Waals surface area contributed by atoms with Crippen LogP contribution in [0, 0.1) is 0 Å². The van der Waals surface area contributed by atoms with Gasteiger partial charge in [-0.15, -0.1) is 0 Å². The van der Waals surface area contributed by atoms with Crippen LogP contribution >= 0.6 is 0 Å². The topological polar surface area (TPSA) is 86.0 Å². The van der Waals surface area contributed by atoms with Crippen LogP contribution in [0.4, 0.5) is 0 Å². The molecule has 1 aliphatic heterocycles. The largest absolute Gasteiger partial charge is 0.482 e. The number of carbonyl (C=O) groups is 2. The maximum Gasteiger partial charge on any atom is 0.344 e. The zero-order chi connectivity index (χ0) is 19.5. The van der Waals surface area contributed by atoms with Gasteiger partial charge in [0.1, 0.15) is 11.3 Å². The lowest BCUT2D eigenvalue weighted by atomic mass is 10.1. The fourth-order valence-corrected chi connectivity index (χ4v) is 3.91. The van der Waals surface area contributed by atoms with E-state index in [4.69, 9.17) is 13.9 Å². The second kappa shape index (κ2) is 8.04. The van der Waals surface area contributed by atoms with E-state index in [-0.39, 0.29) is 24.7 Å². The van der Waals surface area contributed by atoms with Crippen molar-refractivity contribution in [2.24, 2.45) is 0 Å². The molecule has 1 fully saturated rings. The first-order valence-electron chi connectivity index (χ1n) is 9.76. The normalized spacial score (nSPS) is 16.1. The van der Waals surface area contributed by atoms with Crippen LogP contribution in [0.3, 0.4) is 0 Å². The summed E-state index contributed by atoms with van der Waals surface area (Å²) in [5.41, 5.74) is 1.97. The Morgan fingerprint density at radius 2 is 1.79 bits per heavy atom. The minimum Gasteiger partial charge on any atom is -0.482 e. The summed E-state index contributed by atoms with van der Waals surface area (Å²) in [5.74, 6) is -0.372. The molecule has 1 aliphatic carbocycles. The molecule has 0 spiro atoms. The Labute approximate surface area is 162 Å². The summed E-state index contributed by atoms with van der Waals surface area (Å²) in [6.45, 7) is 0.868. The lowest BCUT2D eigenvalue weighted by molar-refractivity contribution is -0.154. The predicted molar refractivity (Wildman–Crippen MR) is 101 cm³/mol. The van der Waals surface area contributed by atoms with Gasteiger partial charge in [-0.25, -0.2) is 9.59 Å². The van der Waals surface area contributed by atoms with Crippen LogP contribution in [0.5, 0.6) is 5.75 Å². The minimum absolute atomic E-state index is 0.172. The van der Waals surface area contributed by atoms with E-state index >= 15 is 0 Å². The molecular weight excluding hydrogens is 362 g/mol. The Balaban J connectivity index is 1.33. The molecule has 1 aromatic carbocycles. The number of aryl methyl sites for hydroxylation is 1. The Morgan fingerprint density at radius 3 is 2.61 bits per heavy atom. The lowest BCUT2D eigenvalue weighted by Crippen LogP contribution is -2.38. The summed E-state index contributed by atoms with van der Waals surface area (Å²) in [5, 5.41) is 0.911. The fourth-order valence-electron chi connectivity index (χ4n) is 3.91. The van der Waals surface area contributed by atoms with E-state index in [1.165, 1.54) is 0 Å². The van der Waals surface area contributed by atoms with Crippen LogP contribution in [0.25, 0.3) is 11.0 Å². The van der Waals surface area contributed by atoms with Crippen LogP contribution in [-0.2, 0) is 27.2 Å². The van der Waals surface area contributed by atoms with Crippen molar-refractivity contribution >= 4 is 22.8 Å². The highest BCUT2D eigenvalue weighted by Gasteiger charge is 2.20. The van der Waals surface area contributed by atoms with Gasteiger partial charge in [0.15, 0.2) is 13.2 Å². The maximum atomic E-state index is 12.1. The zero-order valence-corrected chi connectivity index (χ0v) is 15.7. The number of piperidine rings is 1. The number of fused-ring (bicyclic) bond motifs is 3. The number of hydrogen-bond donors (Lipinski definition) is 0. The third kappa shape index (κ3) is 3.88. The van der Waals surface area contributed by atoms with E-state index in [2.05, 4.69) is 0 Å². The molecule has 2 aliphatic rings. The quantitative estimate of drug-likeness (QED) is 0.579. The smallest absolute Gasteiger partial charge is 0.344 e. The fraction of sp³-hybridized carbons (Fsp3) is 0.476. The number of likely N-dealkylation sites (tertiary alicyclic amines) is 1. The van der Waals surface area contributed by atoms with E-state index in [0.717, 1.165) is 68.1 Å². The van der Waals surface area contributed by atoms with Gasteiger partial charge < -0.3 is 18.8 Å². The predicted octanol–water partition coefficient (Wildman–Crippen LogP) is 2.22. The van der Waals surface area contributed by atoms with Gasteiger partial charge in [0.2, 0.25) is 0 Å². The summed E-state index contributed by atoms with van der Waals surface area (Å²) in [7, 11) is 0. The molecule has 7 nitrogen and oxygen atoms in total. The van der Waals surface area contributed by atoms with Crippen molar-refractivity contribution < 1.29 is 23.5 Å². The Kier molecular flexibility index (Phi) is 5.32. The van der Waals surface area contributed by atoms with Gasteiger partial charge in [-0.2, -0.15) is 0 Å². The van der Waals surface area contributed by atoms with Crippen LogP contribution in [-0.4, -0.2) is 43.1 Å². The zero-order valence-electron chi connectivity index (χ0n) is 15.7. The molecule has 0 N–H and O–H groups in total. The molecule has 1 aromatic heterocycles. The van der Waals surface area contributed by atoms with Gasteiger partial charge in [0.25, 0.3) is 5.91 Å². The summed E-state index contributed by atoms with van der Waals surface area (Å²) in [4.78, 5) is 37.7. The highest BCUT2D eigenvalue weighted by molar-refractivity contribution is 5.83.